The van der Waals surface area contributed by atoms with Gasteiger partial charge in [-0.1, -0.05) is 12.1 Å². The lowest BCUT2D eigenvalue weighted by Crippen LogP contribution is -2.16. The molecule has 0 aliphatic carbocycles. The van der Waals surface area contributed by atoms with Gasteiger partial charge in [-0.25, -0.2) is 4.98 Å². The van der Waals surface area contributed by atoms with Gasteiger partial charge in [0.1, 0.15) is 23.1 Å². The van der Waals surface area contributed by atoms with Crippen molar-refractivity contribution >= 4 is 5.82 Å². The summed E-state index contributed by atoms with van der Waals surface area (Å²) in [5.41, 5.74) is 8.13. The van der Waals surface area contributed by atoms with E-state index in [9.17, 15) is 0 Å². The van der Waals surface area contributed by atoms with Gasteiger partial charge >= 0.3 is 0 Å². The SMILES string of the molecule is COc1ccccc1-c1nc2n(c1N)C(C)CCC2. The maximum atomic E-state index is 6.32. The summed E-state index contributed by atoms with van der Waals surface area (Å²) in [5.74, 6) is 2.67. The number of imidazole rings is 1. The fraction of sp³-hybridized carbons (Fsp3) is 0.400. The van der Waals surface area contributed by atoms with Crippen LogP contribution in [0.15, 0.2) is 24.3 Å². The molecule has 1 aliphatic heterocycles. The van der Waals surface area contributed by atoms with E-state index in [1.54, 1.807) is 7.11 Å². The number of ether oxygens (including phenoxy) is 1. The van der Waals surface area contributed by atoms with Gasteiger partial charge in [-0.05, 0) is 31.9 Å². The normalized spacial score (nSPS) is 18.1. The number of aryl methyl sites for hydroxylation is 1. The van der Waals surface area contributed by atoms with Crippen LogP contribution in [0.5, 0.6) is 5.75 Å². The van der Waals surface area contributed by atoms with Crippen molar-refractivity contribution in [3.8, 4) is 17.0 Å². The molecule has 4 nitrogen and oxygen atoms in total. The number of nitrogen functional groups attached to an aromatic ring is 1. The largest absolute Gasteiger partial charge is 0.496 e. The molecule has 3 rings (SSSR count). The van der Waals surface area contributed by atoms with Gasteiger partial charge in [0.15, 0.2) is 0 Å². The number of nitrogens with two attached hydrogens (primary N) is 1. The smallest absolute Gasteiger partial charge is 0.132 e. The second kappa shape index (κ2) is 4.61. The number of para-hydroxylation sites is 1. The first-order valence-electron chi connectivity index (χ1n) is 6.72. The van der Waals surface area contributed by atoms with E-state index in [2.05, 4.69) is 11.5 Å². The van der Waals surface area contributed by atoms with E-state index >= 15 is 0 Å². The number of aromatic nitrogens is 2. The highest BCUT2D eigenvalue weighted by atomic mass is 16.5. The van der Waals surface area contributed by atoms with Crippen molar-refractivity contribution in [3.63, 3.8) is 0 Å². The van der Waals surface area contributed by atoms with Crippen molar-refractivity contribution in [2.45, 2.75) is 32.2 Å². The average molecular weight is 257 g/mol. The lowest BCUT2D eigenvalue weighted by Gasteiger charge is -2.22. The van der Waals surface area contributed by atoms with Crippen LogP contribution < -0.4 is 10.5 Å². The zero-order valence-corrected chi connectivity index (χ0v) is 11.4. The van der Waals surface area contributed by atoms with Crippen LogP contribution in [0.4, 0.5) is 5.82 Å². The lowest BCUT2D eigenvalue weighted by molar-refractivity contribution is 0.416. The molecule has 1 aromatic heterocycles. The third kappa shape index (κ3) is 1.87. The summed E-state index contributed by atoms with van der Waals surface area (Å²) in [4.78, 5) is 4.74. The predicted octanol–water partition coefficient (Wildman–Crippen LogP) is 3.04. The Labute approximate surface area is 113 Å². The van der Waals surface area contributed by atoms with Crippen LogP contribution in [0.3, 0.4) is 0 Å². The van der Waals surface area contributed by atoms with E-state index in [4.69, 9.17) is 15.5 Å². The molecule has 0 amide bonds. The van der Waals surface area contributed by atoms with Gasteiger partial charge in [-0.15, -0.1) is 0 Å². The molecule has 1 aromatic carbocycles. The number of rotatable bonds is 2. The molecule has 19 heavy (non-hydrogen) atoms. The van der Waals surface area contributed by atoms with Crippen molar-refractivity contribution in [1.82, 2.24) is 9.55 Å². The summed E-state index contributed by atoms with van der Waals surface area (Å²) in [6.07, 6.45) is 3.35. The van der Waals surface area contributed by atoms with Gasteiger partial charge in [0, 0.05) is 18.0 Å². The van der Waals surface area contributed by atoms with Crippen LogP contribution in [-0.2, 0) is 6.42 Å². The van der Waals surface area contributed by atoms with E-state index in [1.807, 2.05) is 24.3 Å². The van der Waals surface area contributed by atoms with Gasteiger partial charge in [0.2, 0.25) is 0 Å². The first-order valence-corrected chi connectivity index (χ1v) is 6.72. The van der Waals surface area contributed by atoms with Crippen molar-refractivity contribution in [3.05, 3.63) is 30.1 Å². The zero-order valence-electron chi connectivity index (χ0n) is 11.4. The molecular weight excluding hydrogens is 238 g/mol. The monoisotopic (exact) mass is 257 g/mol. The van der Waals surface area contributed by atoms with E-state index in [-0.39, 0.29) is 0 Å². The number of hydrogen-bond acceptors (Lipinski definition) is 3. The number of nitrogens with zero attached hydrogens (tertiary/aromatic N) is 2. The van der Waals surface area contributed by atoms with Crippen LogP contribution in [0.2, 0.25) is 0 Å². The maximum absolute atomic E-state index is 6.32. The highest BCUT2D eigenvalue weighted by molar-refractivity contribution is 5.76. The quantitative estimate of drug-likeness (QED) is 0.899. The lowest BCUT2D eigenvalue weighted by atomic mass is 10.1. The minimum atomic E-state index is 0.430. The van der Waals surface area contributed by atoms with Crippen LogP contribution in [0, 0.1) is 0 Å². The summed E-state index contributed by atoms with van der Waals surface area (Å²) >= 11 is 0. The van der Waals surface area contributed by atoms with Crippen molar-refractivity contribution < 1.29 is 4.74 Å². The molecule has 100 valence electrons. The zero-order chi connectivity index (χ0) is 13.4. The molecule has 1 unspecified atom stereocenters. The summed E-state index contributed by atoms with van der Waals surface area (Å²) < 4.78 is 7.58. The molecule has 2 N–H and O–H groups in total. The van der Waals surface area contributed by atoms with Gasteiger partial charge in [0.05, 0.1) is 7.11 Å². The Morgan fingerprint density at radius 3 is 2.89 bits per heavy atom. The van der Waals surface area contributed by atoms with Crippen molar-refractivity contribution in [1.29, 1.82) is 0 Å². The van der Waals surface area contributed by atoms with Gasteiger partial charge in [-0.2, -0.15) is 0 Å². The second-order valence-electron chi connectivity index (χ2n) is 5.07. The van der Waals surface area contributed by atoms with Crippen LogP contribution in [-0.4, -0.2) is 16.7 Å². The highest BCUT2D eigenvalue weighted by Crippen LogP contribution is 2.37. The number of hydrogen-bond donors (Lipinski definition) is 1. The second-order valence-corrected chi connectivity index (χ2v) is 5.07. The van der Waals surface area contributed by atoms with Gasteiger partial charge in [0.25, 0.3) is 0 Å². The third-order valence-corrected chi connectivity index (χ3v) is 3.85. The molecule has 1 atom stereocenters. The van der Waals surface area contributed by atoms with Crippen molar-refractivity contribution in [2.75, 3.05) is 12.8 Å². The first-order chi connectivity index (χ1) is 9.22. The highest BCUT2D eigenvalue weighted by Gasteiger charge is 2.24. The molecule has 0 fully saturated rings. The molecule has 0 spiro atoms. The van der Waals surface area contributed by atoms with E-state index in [0.29, 0.717) is 6.04 Å². The molecule has 0 radical (unpaired) electrons. The molecule has 0 saturated carbocycles. The number of benzene rings is 1. The van der Waals surface area contributed by atoms with Crippen LogP contribution >= 0.6 is 0 Å². The molecule has 0 bridgehead atoms. The Morgan fingerprint density at radius 1 is 1.37 bits per heavy atom. The van der Waals surface area contributed by atoms with E-state index in [0.717, 1.165) is 35.1 Å². The maximum Gasteiger partial charge on any atom is 0.132 e. The van der Waals surface area contributed by atoms with Gasteiger partial charge < -0.3 is 15.0 Å². The topological polar surface area (TPSA) is 53.1 Å². The summed E-state index contributed by atoms with van der Waals surface area (Å²) in [6, 6.07) is 8.32. The Balaban J connectivity index is 2.16. The fourth-order valence-electron chi connectivity index (χ4n) is 2.88. The Hall–Kier alpha value is -1.97. The van der Waals surface area contributed by atoms with Gasteiger partial charge in [-0.3, -0.25) is 0 Å². The molecule has 4 heteroatoms. The Kier molecular flexibility index (Phi) is 2.93. The molecule has 2 heterocycles. The van der Waals surface area contributed by atoms with Crippen LogP contribution in [0.1, 0.15) is 31.6 Å². The summed E-state index contributed by atoms with van der Waals surface area (Å²) in [5, 5.41) is 0. The summed E-state index contributed by atoms with van der Waals surface area (Å²) in [6.45, 7) is 2.20. The molecule has 0 saturated heterocycles. The van der Waals surface area contributed by atoms with E-state index in [1.165, 1.54) is 12.8 Å². The average Bonchev–Trinajstić information content (AvgIpc) is 2.77. The summed E-state index contributed by atoms with van der Waals surface area (Å²) in [7, 11) is 1.67. The van der Waals surface area contributed by atoms with Crippen LogP contribution in [0.25, 0.3) is 11.3 Å². The predicted molar refractivity (Wildman–Crippen MR) is 76.3 cm³/mol. The third-order valence-electron chi connectivity index (χ3n) is 3.85. The Morgan fingerprint density at radius 2 is 2.16 bits per heavy atom. The Bertz CT molecular complexity index is 603. The minimum Gasteiger partial charge on any atom is -0.496 e. The minimum absolute atomic E-state index is 0.430. The van der Waals surface area contributed by atoms with E-state index < -0.39 is 0 Å². The molecule has 1 aliphatic rings. The fourth-order valence-corrected chi connectivity index (χ4v) is 2.88. The first kappa shape index (κ1) is 12.1. The standard InChI is InChI=1S/C15H19N3O/c1-10-6-5-9-13-17-14(15(16)18(10)13)11-7-3-4-8-12(11)19-2/h3-4,7-8,10H,5-6,9,16H2,1-2H3. The molecule has 2 aromatic rings. The molecular formula is C15H19N3O. The number of methoxy groups -OCH3 is 1. The number of fused-ring (bicyclic) bond motifs is 1. The number of anilines is 1. The van der Waals surface area contributed by atoms with Crippen molar-refractivity contribution in [2.24, 2.45) is 0 Å².